The van der Waals surface area contributed by atoms with Crippen LogP contribution in [-0.4, -0.2) is 77.6 Å². The first kappa shape index (κ1) is 25.0. The van der Waals surface area contributed by atoms with Gasteiger partial charge in [-0.2, -0.15) is 0 Å². The summed E-state index contributed by atoms with van der Waals surface area (Å²) in [6, 6.07) is 6.94. The van der Waals surface area contributed by atoms with E-state index in [2.05, 4.69) is 15.6 Å². The first-order valence-corrected chi connectivity index (χ1v) is 12.8. The third-order valence-corrected chi connectivity index (χ3v) is 7.59. The summed E-state index contributed by atoms with van der Waals surface area (Å²) in [4.78, 5) is 46.9. The number of carbonyl (C=O) groups is 3. The number of amides is 3. The molecule has 3 N–H and O–H groups in total. The van der Waals surface area contributed by atoms with Gasteiger partial charge < -0.3 is 30.3 Å². The van der Waals surface area contributed by atoms with E-state index in [1.165, 1.54) is 13.2 Å². The van der Waals surface area contributed by atoms with Crippen LogP contribution >= 0.6 is 0 Å². The number of aromatic nitrogens is 1. The summed E-state index contributed by atoms with van der Waals surface area (Å²) in [6.07, 6.45) is 3.84. The number of carbonyl (C=O) groups excluding carboxylic acids is 3. The minimum atomic E-state index is -0.614. The molecule has 2 saturated heterocycles. The number of Topliss-reactive ketones (excluding diaryl/α,β-unsaturated/α-hetero) is 1. The van der Waals surface area contributed by atoms with Crippen LogP contribution in [0, 0.1) is 6.92 Å². The molecule has 0 atom stereocenters. The molecule has 10 heteroatoms. The molecule has 0 aliphatic carbocycles. The predicted molar refractivity (Wildman–Crippen MR) is 138 cm³/mol. The fourth-order valence-electron chi connectivity index (χ4n) is 5.35. The quantitative estimate of drug-likeness (QED) is 0.584. The van der Waals surface area contributed by atoms with Crippen LogP contribution in [-0.2, 0) is 0 Å². The van der Waals surface area contributed by atoms with Crippen molar-refractivity contribution in [3.8, 4) is 5.75 Å². The number of ketones is 1. The number of piperidine rings is 2. The summed E-state index contributed by atoms with van der Waals surface area (Å²) in [6.45, 7) is 4.10. The molecule has 1 aromatic carbocycles. The van der Waals surface area contributed by atoms with Crippen molar-refractivity contribution in [3.63, 3.8) is 0 Å². The van der Waals surface area contributed by atoms with Crippen molar-refractivity contribution in [2.75, 3.05) is 43.4 Å². The molecule has 5 rings (SSSR count). The normalized spacial score (nSPS) is 19.3. The second kappa shape index (κ2) is 10.0. The second-order valence-corrected chi connectivity index (χ2v) is 10.2. The lowest BCUT2D eigenvalue weighted by Crippen LogP contribution is -2.52. The molecule has 0 saturated carbocycles. The molecule has 196 valence electrons. The van der Waals surface area contributed by atoms with Gasteiger partial charge in [0.2, 0.25) is 0 Å². The van der Waals surface area contributed by atoms with E-state index >= 15 is 0 Å². The number of urea groups is 1. The Morgan fingerprint density at radius 2 is 1.86 bits per heavy atom. The monoisotopic (exact) mass is 507 g/mol. The van der Waals surface area contributed by atoms with Gasteiger partial charge in [-0.1, -0.05) is 11.6 Å². The molecule has 0 unspecified atom stereocenters. The number of benzene rings is 1. The van der Waals surface area contributed by atoms with Gasteiger partial charge in [0.1, 0.15) is 17.2 Å². The average Bonchev–Trinajstić information content (AvgIpc) is 2.90. The molecule has 0 radical (unpaired) electrons. The maximum atomic E-state index is 13.7. The van der Waals surface area contributed by atoms with Gasteiger partial charge in [0, 0.05) is 46.1 Å². The van der Waals surface area contributed by atoms with E-state index in [1.54, 1.807) is 11.0 Å². The zero-order valence-corrected chi connectivity index (χ0v) is 21.2. The first-order chi connectivity index (χ1) is 17.8. The molecule has 3 aliphatic rings. The highest BCUT2D eigenvalue weighted by Gasteiger charge is 2.44. The van der Waals surface area contributed by atoms with Crippen molar-refractivity contribution >= 4 is 29.2 Å². The number of aliphatic hydroxyl groups is 1. The fraction of sp³-hybridized carbons (Fsp3) is 0.481. The number of fused-ring (bicyclic) bond motifs is 1. The summed E-state index contributed by atoms with van der Waals surface area (Å²) in [7, 11) is 1.51. The third kappa shape index (κ3) is 5.11. The number of rotatable bonds is 3. The highest BCUT2D eigenvalue weighted by atomic mass is 16.5. The van der Waals surface area contributed by atoms with Gasteiger partial charge in [-0.3, -0.25) is 9.59 Å². The smallest absolute Gasteiger partial charge is 0.319 e. The number of ether oxygens (including phenoxy) is 1. The van der Waals surface area contributed by atoms with Crippen molar-refractivity contribution in [3.05, 3.63) is 47.2 Å². The Kier molecular flexibility index (Phi) is 6.76. The predicted octanol–water partition coefficient (Wildman–Crippen LogP) is 2.74. The third-order valence-electron chi connectivity index (χ3n) is 7.59. The van der Waals surface area contributed by atoms with Crippen molar-refractivity contribution < 1.29 is 24.2 Å². The highest BCUT2D eigenvalue weighted by molar-refractivity contribution is 6.04. The standard InChI is InChI=1S/C27H33N5O5/c1-17-3-4-23-20(13-17)22(34)15-27(37-23)7-11-32(12-8-27)25(35)19-14-24(31-9-5-18(33)6-10-31)29-16-21(19)30-26(36)28-2/h3-4,13-14,16,18,33H,5-12,15H2,1-2H3,(H2,28,30,36). The van der Waals surface area contributed by atoms with E-state index in [9.17, 15) is 19.5 Å². The van der Waals surface area contributed by atoms with Crippen LogP contribution in [0.2, 0.25) is 0 Å². The van der Waals surface area contributed by atoms with E-state index in [4.69, 9.17) is 4.74 Å². The molecule has 0 bridgehead atoms. The maximum Gasteiger partial charge on any atom is 0.319 e. The summed E-state index contributed by atoms with van der Waals surface area (Å²) < 4.78 is 6.36. The summed E-state index contributed by atoms with van der Waals surface area (Å²) in [5.74, 6) is 1.12. The molecule has 1 spiro atoms. The van der Waals surface area contributed by atoms with E-state index in [0.717, 1.165) is 5.56 Å². The van der Waals surface area contributed by atoms with Crippen molar-refractivity contribution in [2.45, 2.75) is 50.7 Å². The van der Waals surface area contributed by atoms with Gasteiger partial charge in [-0.25, -0.2) is 9.78 Å². The molecule has 2 aromatic rings. The Morgan fingerprint density at radius 3 is 2.57 bits per heavy atom. The number of pyridine rings is 1. The van der Waals surface area contributed by atoms with Crippen LogP contribution in [0.25, 0.3) is 0 Å². The van der Waals surface area contributed by atoms with Gasteiger partial charge in [0.05, 0.1) is 35.5 Å². The van der Waals surface area contributed by atoms with Crippen LogP contribution in [0.3, 0.4) is 0 Å². The summed E-state index contributed by atoms with van der Waals surface area (Å²) >= 11 is 0. The molecule has 4 heterocycles. The Hall–Kier alpha value is -3.66. The number of hydrogen-bond acceptors (Lipinski definition) is 7. The number of hydrogen-bond donors (Lipinski definition) is 3. The van der Waals surface area contributed by atoms with Crippen LogP contribution in [0.1, 0.15) is 58.4 Å². The SMILES string of the molecule is CNC(=O)Nc1cnc(N2CCC(O)CC2)cc1C(=O)N1CCC2(CC1)CC(=O)c1cc(C)ccc1O2. The molecule has 3 amide bonds. The summed E-state index contributed by atoms with van der Waals surface area (Å²) in [5.41, 5.74) is 1.72. The van der Waals surface area contributed by atoms with E-state index < -0.39 is 11.6 Å². The fourth-order valence-corrected chi connectivity index (χ4v) is 5.35. The Bertz CT molecular complexity index is 1220. The van der Waals surface area contributed by atoms with Crippen LogP contribution < -0.4 is 20.3 Å². The number of anilines is 2. The van der Waals surface area contributed by atoms with Gasteiger partial charge in [0.15, 0.2) is 5.78 Å². The number of likely N-dealkylation sites (tertiary alicyclic amines) is 1. The van der Waals surface area contributed by atoms with Crippen molar-refractivity contribution in [2.24, 2.45) is 0 Å². The van der Waals surface area contributed by atoms with Gasteiger partial charge in [0.25, 0.3) is 5.91 Å². The molecular weight excluding hydrogens is 474 g/mol. The lowest BCUT2D eigenvalue weighted by Gasteiger charge is -2.44. The van der Waals surface area contributed by atoms with Crippen LogP contribution in [0.4, 0.5) is 16.3 Å². The lowest BCUT2D eigenvalue weighted by molar-refractivity contribution is -0.00570. The Balaban J connectivity index is 1.34. The highest BCUT2D eigenvalue weighted by Crippen LogP contribution is 2.40. The molecular formula is C27H33N5O5. The van der Waals surface area contributed by atoms with Crippen molar-refractivity contribution in [1.29, 1.82) is 0 Å². The molecule has 37 heavy (non-hydrogen) atoms. The van der Waals surface area contributed by atoms with E-state index in [0.29, 0.717) is 86.7 Å². The molecule has 10 nitrogen and oxygen atoms in total. The molecule has 1 aromatic heterocycles. The van der Waals surface area contributed by atoms with Crippen LogP contribution in [0.5, 0.6) is 5.75 Å². The topological polar surface area (TPSA) is 124 Å². The zero-order chi connectivity index (χ0) is 26.2. The number of nitrogens with one attached hydrogen (secondary N) is 2. The first-order valence-electron chi connectivity index (χ1n) is 12.8. The van der Waals surface area contributed by atoms with Crippen molar-refractivity contribution in [1.82, 2.24) is 15.2 Å². The average molecular weight is 508 g/mol. The Morgan fingerprint density at radius 1 is 1.14 bits per heavy atom. The summed E-state index contributed by atoms with van der Waals surface area (Å²) in [5, 5.41) is 15.1. The van der Waals surface area contributed by atoms with E-state index in [-0.39, 0.29) is 17.8 Å². The largest absolute Gasteiger partial charge is 0.486 e. The minimum absolute atomic E-state index is 0.0761. The zero-order valence-electron chi connectivity index (χ0n) is 21.2. The lowest BCUT2D eigenvalue weighted by atomic mass is 9.82. The van der Waals surface area contributed by atoms with Crippen LogP contribution in [0.15, 0.2) is 30.5 Å². The minimum Gasteiger partial charge on any atom is -0.486 e. The maximum absolute atomic E-state index is 13.7. The van der Waals surface area contributed by atoms with Gasteiger partial charge >= 0.3 is 6.03 Å². The second-order valence-electron chi connectivity index (χ2n) is 10.2. The molecule has 3 aliphatic heterocycles. The van der Waals surface area contributed by atoms with Gasteiger partial charge in [-0.05, 0) is 38.0 Å². The van der Waals surface area contributed by atoms with Gasteiger partial charge in [-0.15, -0.1) is 0 Å². The molecule has 2 fully saturated rings. The number of aryl methyl sites for hydroxylation is 1. The van der Waals surface area contributed by atoms with E-state index in [1.807, 2.05) is 30.0 Å². The Labute approximate surface area is 216 Å². The number of aliphatic hydroxyl groups excluding tert-OH is 1. The number of nitrogens with zero attached hydrogens (tertiary/aromatic N) is 3.